The molecule has 4 N–H and O–H groups in total. The predicted molar refractivity (Wildman–Crippen MR) is 63.8 cm³/mol. The first kappa shape index (κ1) is 14.3. The van der Waals surface area contributed by atoms with Crippen molar-refractivity contribution in [2.75, 3.05) is 6.54 Å². The molecule has 1 heterocycles. The number of aliphatic carboxylic acids is 1. The Kier molecular flexibility index (Phi) is 4.15. The molecule has 3 amide bonds. The van der Waals surface area contributed by atoms with E-state index in [1.165, 1.54) is 11.8 Å². The molecule has 1 aliphatic heterocycles. The zero-order chi connectivity index (χ0) is 13.9. The molecule has 0 spiro atoms. The molecule has 0 saturated carbocycles. The summed E-state index contributed by atoms with van der Waals surface area (Å²) in [5.74, 6) is -1.53. The highest BCUT2D eigenvalue weighted by Crippen LogP contribution is 2.29. The summed E-state index contributed by atoms with van der Waals surface area (Å²) >= 11 is 0. The standard InChI is InChI=1S/C11H19N3O4/c1-7(6-8(12)15)13-10(18)14-5-3-4-11(14,2)9(16)17/h7H,3-6H2,1-2H3,(H2,12,15)(H,13,18)(H,16,17). The van der Waals surface area contributed by atoms with Crippen LogP contribution in [0.15, 0.2) is 0 Å². The number of rotatable bonds is 4. The van der Waals surface area contributed by atoms with Gasteiger partial charge in [-0.15, -0.1) is 0 Å². The normalized spacial score (nSPS) is 24.7. The Morgan fingerprint density at radius 2 is 2.11 bits per heavy atom. The van der Waals surface area contributed by atoms with Crippen molar-refractivity contribution < 1.29 is 19.5 Å². The van der Waals surface area contributed by atoms with Crippen LogP contribution in [-0.4, -0.2) is 46.0 Å². The van der Waals surface area contributed by atoms with Crippen molar-refractivity contribution in [2.24, 2.45) is 5.73 Å². The maximum absolute atomic E-state index is 12.0. The summed E-state index contributed by atoms with van der Waals surface area (Å²) in [6.45, 7) is 3.58. The Balaban J connectivity index is 2.66. The van der Waals surface area contributed by atoms with Crippen LogP contribution >= 0.6 is 0 Å². The SMILES string of the molecule is CC(CC(N)=O)NC(=O)N1CCCC1(C)C(=O)O. The van der Waals surface area contributed by atoms with Crippen molar-refractivity contribution in [2.45, 2.75) is 44.7 Å². The molecule has 0 bridgehead atoms. The molecule has 0 aromatic carbocycles. The second-order valence-electron chi connectivity index (χ2n) is 4.86. The smallest absolute Gasteiger partial charge is 0.329 e. The lowest BCUT2D eigenvalue weighted by Crippen LogP contribution is -2.55. The number of carboxylic acids is 1. The first-order valence-corrected chi connectivity index (χ1v) is 5.87. The van der Waals surface area contributed by atoms with Crippen LogP contribution in [0.4, 0.5) is 4.79 Å². The van der Waals surface area contributed by atoms with Gasteiger partial charge in [-0.3, -0.25) is 4.79 Å². The summed E-state index contributed by atoms with van der Waals surface area (Å²) in [6.07, 6.45) is 1.11. The summed E-state index contributed by atoms with van der Waals surface area (Å²) in [5, 5.41) is 11.8. The molecule has 1 aliphatic rings. The maximum atomic E-state index is 12.0. The number of nitrogens with two attached hydrogens (primary N) is 1. The highest BCUT2D eigenvalue weighted by Gasteiger charge is 2.46. The molecule has 2 unspecified atom stereocenters. The van der Waals surface area contributed by atoms with Crippen molar-refractivity contribution >= 4 is 17.9 Å². The van der Waals surface area contributed by atoms with Gasteiger partial charge in [-0.25, -0.2) is 9.59 Å². The molecule has 0 aliphatic carbocycles. The Bertz CT molecular complexity index is 371. The fraction of sp³-hybridized carbons (Fsp3) is 0.727. The third kappa shape index (κ3) is 2.91. The minimum absolute atomic E-state index is 0.0311. The molecule has 1 fully saturated rings. The van der Waals surface area contributed by atoms with Gasteiger partial charge in [0.1, 0.15) is 5.54 Å². The van der Waals surface area contributed by atoms with Crippen LogP contribution in [0.5, 0.6) is 0 Å². The van der Waals surface area contributed by atoms with E-state index in [1.54, 1.807) is 6.92 Å². The third-order valence-electron chi connectivity index (χ3n) is 3.22. The number of urea groups is 1. The lowest BCUT2D eigenvalue weighted by molar-refractivity contribution is -0.147. The highest BCUT2D eigenvalue weighted by molar-refractivity contribution is 5.87. The van der Waals surface area contributed by atoms with Gasteiger partial charge in [0.25, 0.3) is 0 Å². The van der Waals surface area contributed by atoms with Gasteiger partial charge >= 0.3 is 12.0 Å². The van der Waals surface area contributed by atoms with E-state index < -0.39 is 29.5 Å². The lowest BCUT2D eigenvalue weighted by atomic mass is 10.00. The number of carbonyl (C=O) groups is 3. The maximum Gasteiger partial charge on any atom is 0.329 e. The topological polar surface area (TPSA) is 113 Å². The Morgan fingerprint density at radius 1 is 1.50 bits per heavy atom. The van der Waals surface area contributed by atoms with Gasteiger partial charge in [0, 0.05) is 19.0 Å². The van der Waals surface area contributed by atoms with E-state index in [0.717, 1.165) is 0 Å². The fourth-order valence-electron chi connectivity index (χ4n) is 2.15. The van der Waals surface area contributed by atoms with Crippen molar-refractivity contribution in [1.82, 2.24) is 10.2 Å². The zero-order valence-corrected chi connectivity index (χ0v) is 10.6. The Labute approximate surface area is 105 Å². The lowest BCUT2D eigenvalue weighted by Gasteiger charge is -2.32. The number of nitrogens with one attached hydrogen (secondary N) is 1. The molecule has 7 heteroatoms. The van der Waals surface area contributed by atoms with Gasteiger partial charge in [-0.1, -0.05) is 0 Å². The predicted octanol–water partition coefficient (Wildman–Crippen LogP) is -0.101. The number of hydrogen-bond donors (Lipinski definition) is 3. The average molecular weight is 257 g/mol. The largest absolute Gasteiger partial charge is 0.480 e. The van der Waals surface area contributed by atoms with Crippen LogP contribution in [0.2, 0.25) is 0 Å². The number of likely N-dealkylation sites (tertiary alicyclic amines) is 1. The molecule has 0 radical (unpaired) electrons. The summed E-state index contributed by atoms with van der Waals surface area (Å²) in [4.78, 5) is 35.2. The van der Waals surface area contributed by atoms with Crippen molar-refractivity contribution in [3.63, 3.8) is 0 Å². The van der Waals surface area contributed by atoms with Gasteiger partial charge in [0.2, 0.25) is 5.91 Å². The van der Waals surface area contributed by atoms with E-state index in [2.05, 4.69) is 5.32 Å². The van der Waals surface area contributed by atoms with E-state index >= 15 is 0 Å². The second-order valence-corrected chi connectivity index (χ2v) is 4.86. The van der Waals surface area contributed by atoms with Crippen LogP contribution < -0.4 is 11.1 Å². The van der Waals surface area contributed by atoms with Gasteiger partial charge in [-0.2, -0.15) is 0 Å². The first-order valence-electron chi connectivity index (χ1n) is 5.87. The molecule has 1 saturated heterocycles. The van der Waals surface area contributed by atoms with Crippen LogP contribution in [-0.2, 0) is 9.59 Å². The number of hydrogen-bond acceptors (Lipinski definition) is 3. The van der Waals surface area contributed by atoms with Crippen molar-refractivity contribution in [1.29, 1.82) is 0 Å². The van der Waals surface area contributed by atoms with E-state index in [4.69, 9.17) is 5.73 Å². The number of carbonyl (C=O) groups excluding carboxylic acids is 2. The van der Waals surface area contributed by atoms with Crippen LogP contribution in [0.3, 0.4) is 0 Å². The molecule has 2 atom stereocenters. The fourth-order valence-corrected chi connectivity index (χ4v) is 2.15. The average Bonchev–Trinajstić information content (AvgIpc) is 2.60. The molecule has 102 valence electrons. The highest BCUT2D eigenvalue weighted by atomic mass is 16.4. The summed E-state index contributed by atoms with van der Waals surface area (Å²) in [6, 6.07) is -0.875. The summed E-state index contributed by atoms with van der Waals surface area (Å²) < 4.78 is 0. The molecular formula is C11H19N3O4. The number of primary amides is 1. The van der Waals surface area contributed by atoms with Crippen LogP contribution in [0.1, 0.15) is 33.1 Å². The van der Waals surface area contributed by atoms with E-state index in [1.807, 2.05) is 0 Å². The van der Waals surface area contributed by atoms with E-state index in [0.29, 0.717) is 19.4 Å². The van der Waals surface area contributed by atoms with Crippen molar-refractivity contribution in [3.05, 3.63) is 0 Å². The molecule has 7 nitrogen and oxygen atoms in total. The van der Waals surface area contributed by atoms with E-state index in [9.17, 15) is 19.5 Å². The minimum atomic E-state index is -1.17. The summed E-state index contributed by atoms with van der Waals surface area (Å²) in [5.41, 5.74) is 3.86. The molecular weight excluding hydrogens is 238 g/mol. The van der Waals surface area contributed by atoms with Gasteiger partial charge in [0.05, 0.1) is 0 Å². The van der Waals surface area contributed by atoms with E-state index in [-0.39, 0.29) is 6.42 Å². The third-order valence-corrected chi connectivity index (χ3v) is 3.22. The molecule has 18 heavy (non-hydrogen) atoms. The minimum Gasteiger partial charge on any atom is -0.480 e. The molecule has 1 rings (SSSR count). The Hall–Kier alpha value is -1.79. The zero-order valence-electron chi connectivity index (χ0n) is 10.6. The van der Waals surface area contributed by atoms with Gasteiger partial charge in [-0.05, 0) is 26.7 Å². The second kappa shape index (κ2) is 5.24. The quantitative estimate of drug-likeness (QED) is 0.652. The molecule has 0 aromatic rings. The number of nitrogens with zero attached hydrogens (tertiary/aromatic N) is 1. The first-order chi connectivity index (χ1) is 8.27. The Morgan fingerprint density at radius 3 is 2.61 bits per heavy atom. The van der Waals surface area contributed by atoms with Crippen molar-refractivity contribution in [3.8, 4) is 0 Å². The summed E-state index contributed by atoms with van der Waals surface area (Å²) in [7, 11) is 0. The van der Waals surface area contributed by atoms with Crippen LogP contribution in [0.25, 0.3) is 0 Å². The number of carboxylic acid groups (broad SMARTS) is 1. The van der Waals surface area contributed by atoms with Gasteiger partial charge in [0.15, 0.2) is 0 Å². The molecule has 0 aromatic heterocycles. The van der Waals surface area contributed by atoms with Gasteiger partial charge < -0.3 is 21.1 Å². The number of amides is 3. The monoisotopic (exact) mass is 257 g/mol. The van der Waals surface area contributed by atoms with Crippen LogP contribution in [0, 0.1) is 0 Å².